The van der Waals surface area contributed by atoms with Gasteiger partial charge in [0.2, 0.25) is 0 Å². The number of carbonyl (C=O) groups excluding carboxylic acids is 1. The highest BCUT2D eigenvalue weighted by atomic mass is 16.5. The van der Waals surface area contributed by atoms with Crippen LogP contribution in [0.5, 0.6) is 0 Å². The molecular formula is C15H22N2O4. The highest BCUT2D eigenvalue weighted by Gasteiger charge is 2.12. The van der Waals surface area contributed by atoms with Gasteiger partial charge in [0.1, 0.15) is 0 Å². The third-order valence-corrected chi connectivity index (χ3v) is 2.99. The lowest BCUT2D eigenvalue weighted by Crippen LogP contribution is -2.32. The van der Waals surface area contributed by atoms with Gasteiger partial charge in [-0.1, -0.05) is 0 Å². The average Bonchev–Trinajstić information content (AvgIpc) is 2.38. The van der Waals surface area contributed by atoms with Gasteiger partial charge in [-0.15, -0.1) is 0 Å². The van der Waals surface area contributed by atoms with E-state index in [0.717, 1.165) is 5.56 Å². The zero-order valence-electron chi connectivity index (χ0n) is 12.8. The zero-order chi connectivity index (χ0) is 16.0. The molecule has 1 rings (SSSR count). The molecule has 0 radical (unpaired) electrons. The summed E-state index contributed by atoms with van der Waals surface area (Å²) in [6.45, 7) is 8.21. The van der Waals surface area contributed by atoms with Crippen LogP contribution in [0.3, 0.4) is 0 Å². The van der Waals surface area contributed by atoms with Crippen LogP contribution in [0.4, 0.5) is 10.5 Å². The molecule has 0 atom stereocenters. The minimum atomic E-state index is -1.01. The van der Waals surface area contributed by atoms with Crippen LogP contribution < -0.4 is 10.6 Å². The molecule has 1 aromatic rings. The molecule has 0 aromatic heterocycles. The fraction of sp³-hybridized carbons (Fsp3) is 0.467. The number of aryl methyl sites for hydroxylation is 1. The van der Waals surface area contributed by atoms with Gasteiger partial charge in [0, 0.05) is 12.2 Å². The summed E-state index contributed by atoms with van der Waals surface area (Å²) in [5.74, 6) is -1.01. The number of aromatic carboxylic acids is 1. The van der Waals surface area contributed by atoms with E-state index in [2.05, 4.69) is 10.6 Å². The third-order valence-electron chi connectivity index (χ3n) is 2.99. The Kier molecular flexibility index (Phi) is 6.17. The van der Waals surface area contributed by atoms with Crippen molar-refractivity contribution in [1.29, 1.82) is 0 Å². The zero-order valence-corrected chi connectivity index (χ0v) is 12.8. The SMILES string of the molecule is Cc1cc(NC(=O)NCCOC(C)C)cc(C(=O)O)c1C. The Balaban J connectivity index is 2.62. The van der Waals surface area contributed by atoms with Crippen LogP contribution in [0.2, 0.25) is 0 Å². The molecule has 0 fully saturated rings. The molecule has 6 heteroatoms. The number of carbonyl (C=O) groups is 2. The summed E-state index contributed by atoms with van der Waals surface area (Å²) in [6, 6.07) is 2.81. The Bertz CT molecular complexity index is 527. The van der Waals surface area contributed by atoms with Crippen molar-refractivity contribution in [1.82, 2.24) is 5.32 Å². The normalized spacial score (nSPS) is 10.5. The van der Waals surface area contributed by atoms with Crippen molar-refractivity contribution in [2.75, 3.05) is 18.5 Å². The van der Waals surface area contributed by atoms with Crippen molar-refractivity contribution < 1.29 is 19.4 Å². The lowest BCUT2D eigenvalue weighted by molar-refractivity contribution is 0.0696. The topological polar surface area (TPSA) is 87.7 Å². The molecule has 0 bridgehead atoms. The first-order valence-electron chi connectivity index (χ1n) is 6.82. The van der Waals surface area contributed by atoms with Gasteiger partial charge >= 0.3 is 12.0 Å². The summed E-state index contributed by atoms with van der Waals surface area (Å²) in [5, 5.41) is 14.4. The second kappa shape index (κ2) is 7.64. The van der Waals surface area contributed by atoms with E-state index in [1.165, 1.54) is 6.07 Å². The van der Waals surface area contributed by atoms with Gasteiger partial charge < -0.3 is 20.5 Å². The lowest BCUT2D eigenvalue weighted by Gasteiger charge is -2.12. The number of amides is 2. The van der Waals surface area contributed by atoms with Crippen molar-refractivity contribution in [2.45, 2.75) is 33.8 Å². The molecule has 0 aliphatic rings. The number of carboxylic acids is 1. The number of urea groups is 1. The van der Waals surface area contributed by atoms with E-state index in [1.54, 1.807) is 19.9 Å². The highest BCUT2D eigenvalue weighted by Crippen LogP contribution is 2.19. The number of hydrogen-bond acceptors (Lipinski definition) is 3. The van der Waals surface area contributed by atoms with Crippen molar-refractivity contribution in [2.24, 2.45) is 0 Å². The van der Waals surface area contributed by atoms with Gasteiger partial charge in [0.25, 0.3) is 0 Å². The molecule has 3 N–H and O–H groups in total. The van der Waals surface area contributed by atoms with E-state index in [0.29, 0.717) is 24.4 Å². The number of hydrogen-bond donors (Lipinski definition) is 3. The number of anilines is 1. The van der Waals surface area contributed by atoms with Crippen LogP contribution in [0.15, 0.2) is 12.1 Å². The summed E-state index contributed by atoms with van der Waals surface area (Å²) in [7, 11) is 0. The third kappa shape index (κ3) is 5.43. The van der Waals surface area contributed by atoms with E-state index in [-0.39, 0.29) is 17.7 Å². The summed E-state index contributed by atoms with van der Waals surface area (Å²) in [6.07, 6.45) is 0.118. The molecule has 0 heterocycles. The van der Waals surface area contributed by atoms with Crippen LogP contribution in [0.1, 0.15) is 35.3 Å². The second-order valence-corrected chi connectivity index (χ2v) is 5.07. The van der Waals surface area contributed by atoms with Crippen molar-refractivity contribution in [3.63, 3.8) is 0 Å². The Morgan fingerprint density at radius 2 is 1.95 bits per heavy atom. The van der Waals surface area contributed by atoms with E-state index < -0.39 is 5.97 Å². The van der Waals surface area contributed by atoms with Crippen LogP contribution in [0, 0.1) is 13.8 Å². The largest absolute Gasteiger partial charge is 0.478 e. The number of rotatable bonds is 6. The molecule has 0 unspecified atom stereocenters. The minimum absolute atomic E-state index is 0.118. The summed E-state index contributed by atoms with van der Waals surface area (Å²) >= 11 is 0. The molecule has 21 heavy (non-hydrogen) atoms. The maximum absolute atomic E-state index is 11.7. The molecule has 0 aliphatic heterocycles. The molecule has 6 nitrogen and oxygen atoms in total. The average molecular weight is 294 g/mol. The monoisotopic (exact) mass is 294 g/mol. The number of benzene rings is 1. The molecule has 1 aromatic carbocycles. The molecular weight excluding hydrogens is 272 g/mol. The molecule has 0 aliphatic carbocycles. The molecule has 0 saturated heterocycles. The van der Waals surface area contributed by atoms with Crippen LogP contribution >= 0.6 is 0 Å². The first-order chi connectivity index (χ1) is 9.81. The highest BCUT2D eigenvalue weighted by molar-refractivity contribution is 5.94. The van der Waals surface area contributed by atoms with Gasteiger partial charge in [-0.05, 0) is 51.0 Å². The number of nitrogens with one attached hydrogen (secondary N) is 2. The van der Waals surface area contributed by atoms with E-state index in [4.69, 9.17) is 9.84 Å². The fourth-order valence-electron chi connectivity index (χ4n) is 1.79. The second-order valence-electron chi connectivity index (χ2n) is 5.07. The first kappa shape index (κ1) is 17.0. The summed E-state index contributed by atoms with van der Waals surface area (Å²) < 4.78 is 5.31. The minimum Gasteiger partial charge on any atom is -0.478 e. The smallest absolute Gasteiger partial charge is 0.336 e. The van der Waals surface area contributed by atoms with E-state index in [9.17, 15) is 9.59 Å². The summed E-state index contributed by atoms with van der Waals surface area (Å²) in [5.41, 5.74) is 2.15. The van der Waals surface area contributed by atoms with Crippen molar-refractivity contribution in [3.05, 3.63) is 28.8 Å². The van der Waals surface area contributed by atoms with Crippen molar-refractivity contribution >= 4 is 17.7 Å². The molecule has 0 spiro atoms. The fourth-order valence-corrected chi connectivity index (χ4v) is 1.79. The van der Waals surface area contributed by atoms with Gasteiger partial charge in [-0.25, -0.2) is 9.59 Å². The Labute approximate surface area is 124 Å². The van der Waals surface area contributed by atoms with Crippen LogP contribution in [-0.4, -0.2) is 36.4 Å². The number of carboxylic acid groups (broad SMARTS) is 1. The molecule has 0 saturated carbocycles. The maximum Gasteiger partial charge on any atom is 0.336 e. The first-order valence-corrected chi connectivity index (χ1v) is 6.82. The Morgan fingerprint density at radius 1 is 1.29 bits per heavy atom. The predicted octanol–water partition coefficient (Wildman–Crippen LogP) is 2.55. The maximum atomic E-state index is 11.7. The number of ether oxygens (including phenoxy) is 1. The standard InChI is InChI=1S/C15H22N2O4/c1-9(2)21-6-5-16-15(20)17-12-7-10(3)11(4)13(8-12)14(18)19/h7-9H,5-6H2,1-4H3,(H,18,19)(H2,16,17,20). The Morgan fingerprint density at radius 3 is 2.52 bits per heavy atom. The quantitative estimate of drug-likeness (QED) is 0.704. The molecule has 2 amide bonds. The summed E-state index contributed by atoms with van der Waals surface area (Å²) in [4.78, 5) is 22.9. The van der Waals surface area contributed by atoms with Crippen molar-refractivity contribution in [3.8, 4) is 0 Å². The van der Waals surface area contributed by atoms with Crippen LogP contribution in [-0.2, 0) is 4.74 Å². The van der Waals surface area contributed by atoms with Gasteiger partial charge in [0.15, 0.2) is 0 Å². The predicted molar refractivity (Wildman–Crippen MR) is 81.0 cm³/mol. The Hall–Kier alpha value is -2.08. The van der Waals surface area contributed by atoms with Gasteiger partial charge in [0.05, 0.1) is 18.3 Å². The van der Waals surface area contributed by atoms with Crippen LogP contribution in [0.25, 0.3) is 0 Å². The van der Waals surface area contributed by atoms with Gasteiger partial charge in [-0.2, -0.15) is 0 Å². The van der Waals surface area contributed by atoms with Gasteiger partial charge in [-0.3, -0.25) is 0 Å². The lowest BCUT2D eigenvalue weighted by atomic mass is 10.0. The van der Waals surface area contributed by atoms with E-state index in [1.807, 2.05) is 13.8 Å². The molecule has 116 valence electrons. The van der Waals surface area contributed by atoms with E-state index >= 15 is 0 Å².